The normalized spacial score (nSPS) is 16.0. The minimum Gasteiger partial charge on any atom is -0.485 e. The van der Waals surface area contributed by atoms with Gasteiger partial charge in [0, 0.05) is 12.4 Å². The van der Waals surface area contributed by atoms with E-state index in [4.69, 9.17) is 4.74 Å². The molecular formula is C23H23NO2. The summed E-state index contributed by atoms with van der Waals surface area (Å²) in [6, 6.07) is 22.4. The summed E-state index contributed by atoms with van der Waals surface area (Å²) in [6.07, 6.45) is 6.47. The van der Waals surface area contributed by atoms with E-state index in [1.807, 2.05) is 48.7 Å². The molecule has 1 aliphatic rings. The van der Waals surface area contributed by atoms with Crippen molar-refractivity contribution < 1.29 is 9.84 Å². The number of rotatable bonds is 7. The molecule has 0 radical (unpaired) electrons. The Bertz CT molecular complexity index is 827. The number of aromatic nitrogens is 1. The van der Waals surface area contributed by atoms with Crippen molar-refractivity contribution in [2.75, 3.05) is 0 Å². The monoisotopic (exact) mass is 345 g/mol. The zero-order chi connectivity index (χ0) is 17.8. The fourth-order valence-corrected chi connectivity index (χ4v) is 3.32. The van der Waals surface area contributed by atoms with E-state index in [0.717, 1.165) is 30.6 Å². The highest BCUT2D eigenvalue weighted by Gasteiger charge is 2.51. The zero-order valence-electron chi connectivity index (χ0n) is 14.7. The average molecular weight is 345 g/mol. The van der Waals surface area contributed by atoms with Crippen molar-refractivity contribution >= 4 is 0 Å². The molecule has 1 saturated carbocycles. The number of aliphatic hydroxyl groups is 1. The van der Waals surface area contributed by atoms with Crippen molar-refractivity contribution in [2.24, 2.45) is 0 Å². The molecule has 3 nitrogen and oxygen atoms in total. The van der Waals surface area contributed by atoms with Gasteiger partial charge in [0.25, 0.3) is 0 Å². The van der Waals surface area contributed by atoms with Gasteiger partial charge in [0.2, 0.25) is 0 Å². The number of nitrogens with zero attached hydrogens (tertiary/aromatic N) is 1. The van der Waals surface area contributed by atoms with Gasteiger partial charge in [-0.15, -0.1) is 0 Å². The summed E-state index contributed by atoms with van der Waals surface area (Å²) in [6.45, 7) is 0. The number of aliphatic hydroxyl groups excluding tert-OH is 1. The molecule has 2 aromatic carbocycles. The van der Waals surface area contributed by atoms with Crippen LogP contribution in [0.1, 0.15) is 24.8 Å². The summed E-state index contributed by atoms with van der Waals surface area (Å²) in [5.41, 5.74) is 3.09. The number of hydrogen-bond acceptors (Lipinski definition) is 3. The zero-order valence-corrected chi connectivity index (χ0v) is 14.7. The second-order valence-corrected chi connectivity index (χ2v) is 6.97. The lowest BCUT2D eigenvalue weighted by Gasteiger charge is -2.24. The molecule has 1 fully saturated rings. The number of benzene rings is 2. The summed E-state index contributed by atoms with van der Waals surface area (Å²) >= 11 is 0. The van der Waals surface area contributed by atoms with Crippen molar-refractivity contribution in [3.63, 3.8) is 0 Å². The van der Waals surface area contributed by atoms with Gasteiger partial charge < -0.3 is 9.84 Å². The first-order valence-electron chi connectivity index (χ1n) is 9.17. The van der Waals surface area contributed by atoms with Crippen LogP contribution in [0.15, 0.2) is 79.1 Å². The fraction of sp³-hybridized carbons (Fsp3) is 0.261. The SMILES string of the molecule is OC(CCc1cccnc1)C1(Oc2ccc(-c3ccccc3)cc2)CC1. The second-order valence-electron chi connectivity index (χ2n) is 6.97. The van der Waals surface area contributed by atoms with Crippen molar-refractivity contribution in [1.82, 2.24) is 4.98 Å². The van der Waals surface area contributed by atoms with E-state index in [1.54, 1.807) is 6.20 Å². The smallest absolute Gasteiger partial charge is 0.135 e. The Kier molecular flexibility index (Phi) is 4.72. The van der Waals surface area contributed by atoms with Crippen molar-refractivity contribution in [3.05, 3.63) is 84.7 Å². The number of aryl methyl sites for hydroxylation is 1. The summed E-state index contributed by atoms with van der Waals surface area (Å²) in [7, 11) is 0. The van der Waals surface area contributed by atoms with Crippen molar-refractivity contribution in [3.8, 4) is 16.9 Å². The molecule has 0 aliphatic heterocycles. The Morgan fingerprint density at radius 1 is 0.923 bits per heavy atom. The van der Waals surface area contributed by atoms with E-state index >= 15 is 0 Å². The van der Waals surface area contributed by atoms with Gasteiger partial charge >= 0.3 is 0 Å². The van der Waals surface area contributed by atoms with Crippen LogP contribution in [0.25, 0.3) is 11.1 Å². The fourth-order valence-electron chi connectivity index (χ4n) is 3.32. The van der Waals surface area contributed by atoms with Crippen LogP contribution in [0.5, 0.6) is 5.75 Å². The highest BCUT2D eigenvalue weighted by atomic mass is 16.5. The number of pyridine rings is 1. The minimum absolute atomic E-state index is 0.420. The molecule has 1 heterocycles. The quantitative estimate of drug-likeness (QED) is 0.677. The lowest BCUT2D eigenvalue weighted by molar-refractivity contribution is 0.0127. The Morgan fingerprint density at radius 2 is 1.65 bits per heavy atom. The lowest BCUT2D eigenvalue weighted by Crippen LogP contribution is -2.34. The van der Waals surface area contributed by atoms with E-state index in [9.17, 15) is 5.11 Å². The van der Waals surface area contributed by atoms with Crippen LogP contribution in [0, 0.1) is 0 Å². The van der Waals surface area contributed by atoms with Crippen LogP contribution in [-0.4, -0.2) is 21.8 Å². The van der Waals surface area contributed by atoms with Gasteiger partial charge in [-0.05, 0) is 60.6 Å². The first-order chi connectivity index (χ1) is 12.8. The molecule has 1 unspecified atom stereocenters. The summed E-state index contributed by atoms with van der Waals surface area (Å²) in [5.74, 6) is 0.822. The third-order valence-electron chi connectivity index (χ3n) is 5.06. The molecule has 1 aliphatic carbocycles. The molecule has 0 amide bonds. The third-order valence-corrected chi connectivity index (χ3v) is 5.06. The van der Waals surface area contributed by atoms with Crippen molar-refractivity contribution in [1.29, 1.82) is 0 Å². The molecule has 4 rings (SSSR count). The predicted molar refractivity (Wildman–Crippen MR) is 103 cm³/mol. The molecular weight excluding hydrogens is 322 g/mol. The molecule has 3 aromatic rings. The molecule has 1 aromatic heterocycles. The van der Waals surface area contributed by atoms with Crippen LogP contribution < -0.4 is 4.74 Å². The van der Waals surface area contributed by atoms with E-state index in [0.29, 0.717) is 6.42 Å². The van der Waals surface area contributed by atoms with Gasteiger partial charge in [-0.3, -0.25) is 4.98 Å². The van der Waals surface area contributed by atoms with Gasteiger partial charge in [0.05, 0.1) is 6.10 Å². The number of hydrogen-bond donors (Lipinski definition) is 1. The minimum atomic E-state index is -0.462. The highest BCUT2D eigenvalue weighted by Crippen LogP contribution is 2.44. The van der Waals surface area contributed by atoms with Gasteiger partial charge in [0.1, 0.15) is 11.4 Å². The predicted octanol–water partition coefficient (Wildman–Crippen LogP) is 4.65. The molecule has 0 spiro atoms. The molecule has 1 N–H and O–H groups in total. The van der Waals surface area contributed by atoms with Crippen LogP contribution in [0.4, 0.5) is 0 Å². The standard InChI is InChI=1S/C23H23NO2/c25-22(13-8-18-5-4-16-24-17-18)23(14-15-23)26-21-11-9-20(10-12-21)19-6-2-1-3-7-19/h1-7,9-12,16-17,22,25H,8,13-15H2. The van der Waals surface area contributed by atoms with Gasteiger partial charge in [-0.2, -0.15) is 0 Å². The lowest BCUT2D eigenvalue weighted by atomic mass is 10.0. The Hall–Kier alpha value is -2.65. The van der Waals surface area contributed by atoms with Crippen molar-refractivity contribution in [2.45, 2.75) is 37.4 Å². The third kappa shape index (κ3) is 3.78. The van der Waals surface area contributed by atoms with E-state index in [-0.39, 0.29) is 0 Å². The molecule has 26 heavy (non-hydrogen) atoms. The maximum Gasteiger partial charge on any atom is 0.135 e. The number of ether oxygens (including phenoxy) is 1. The Morgan fingerprint density at radius 3 is 2.31 bits per heavy atom. The topological polar surface area (TPSA) is 42.4 Å². The maximum absolute atomic E-state index is 10.6. The Labute approximate surface area is 154 Å². The molecule has 132 valence electrons. The Balaban J connectivity index is 1.38. The van der Waals surface area contributed by atoms with E-state index < -0.39 is 11.7 Å². The maximum atomic E-state index is 10.6. The van der Waals surface area contributed by atoms with Crippen LogP contribution in [-0.2, 0) is 6.42 Å². The van der Waals surface area contributed by atoms with E-state index in [2.05, 4.69) is 29.2 Å². The molecule has 0 saturated heterocycles. The van der Waals surface area contributed by atoms with Gasteiger partial charge in [-0.1, -0.05) is 48.5 Å². The largest absolute Gasteiger partial charge is 0.485 e. The highest BCUT2D eigenvalue weighted by molar-refractivity contribution is 5.63. The first-order valence-corrected chi connectivity index (χ1v) is 9.17. The van der Waals surface area contributed by atoms with E-state index in [1.165, 1.54) is 11.1 Å². The van der Waals surface area contributed by atoms with Gasteiger partial charge in [-0.25, -0.2) is 0 Å². The summed E-state index contributed by atoms with van der Waals surface area (Å²) < 4.78 is 6.19. The second kappa shape index (κ2) is 7.30. The summed E-state index contributed by atoms with van der Waals surface area (Å²) in [4.78, 5) is 4.13. The van der Waals surface area contributed by atoms with Crippen LogP contribution >= 0.6 is 0 Å². The average Bonchev–Trinajstić information content (AvgIpc) is 3.49. The molecule has 0 bridgehead atoms. The van der Waals surface area contributed by atoms with Gasteiger partial charge in [0.15, 0.2) is 0 Å². The van der Waals surface area contributed by atoms with Crippen LogP contribution in [0.2, 0.25) is 0 Å². The summed E-state index contributed by atoms with van der Waals surface area (Å²) in [5, 5.41) is 10.6. The molecule has 3 heteroatoms. The van der Waals surface area contributed by atoms with Crippen LogP contribution in [0.3, 0.4) is 0 Å². The molecule has 1 atom stereocenters. The first kappa shape index (κ1) is 16.8.